The fraction of sp³-hybridized carbons (Fsp3) is 0.462. The molecule has 0 bridgehead atoms. The third-order valence-corrected chi connectivity index (χ3v) is 4.57. The molecular formula is C13H18N4O2S. The molecule has 1 atom stereocenters. The second-order valence-corrected chi connectivity index (χ2v) is 5.94. The van der Waals surface area contributed by atoms with Gasteiger partial charge < -0.3 is 0 Å². The van der Waals surface area contributed by atoms with E-state index in [1.165, 1.54) is 22.2 Å². The maximum atomic E-state index is 12.6. The van der Waals surface area contributed by atoms with E-state index in [0.29, 0.717) is 16.6 Å². The topological polar surface area (TPSA) is 90.0 Å². The van der Waals surface area contributed by atoms with Gasteiger partial charge in [0.2, 0.25) is 0 Å². The Labute approximate surface area is 120 Å². The van der Waals surface area contributed by atoms with E-state index in [2.05, 4.69) is 10.4 Å². The summed E-state index contributed by atoms with van der Waals surface area (Å²) in [5.74, 6) is 4.83. The zero-order valence-electron chi connectivity index (χ0n) is 11.8. The van der Waals surface area contributed by atoms with Crippen molar-refractivity contribution in [1.82, 2.24) is 15.0 Å². The summed E-state index contributed by atoms with van der Waals surface area (Å²) in [6, 6.07) is -0.617. The quantitative estimate of drug-likeness (QED) is 0.507. The van der Waals surface area contributed by atoms with Crippen molar-refractivity contribution in [2.75, 3.05) is 0 Å². The van der Waals surface area contributed by atoms with Gasteiger partial charge in [0.05, 0.1) is 11.7 Å². The molecule has 20 heavy (non-hydrogen) atoms. The molecule has 1 amide bonds. The van der Waals surface area contributed by atoms with Crippen LogP contribution in [-0.4, -0.2) is 15.5 Å². The molecule has 0 spiro atoms. The van der Waals surface area contributed by atoms with Crippen LogP contribution in [0.4, 0.5) is 0 Å². The SMILES string of the molecule is CCCC(C(=O)NN)n1cnc2sc(C)c(C)c2c1=O. The van der Waals surface area contributed by atoms with Gasteiger partial charge in [-0.2, -0.15) is 0 Å². The lowest BCUT2D eigenvalue weighted by atomic mass is 10.1. The Morgan fingerprint density at radius 2 is 2.25 bits per heavy atom. The van der Waals surface area contributed by atoms with Crippen molar-refractivity contribution < 1.29 is 4.79 Å². The van der Waals surface area contributed by atoms with Gasteiger partial charge >= 0.3 is 0 Å². The number of aryl methyl sites for hydroxylation is 2. The number of rotatable bonds is 4. The highest BCUT2D eigenvalue weighted by Crippen LogP contribution is 2.26. The lowest BCUT2D eigenvalue weighted by Gasteiger charge is -2.17. The molecule has 6 nitrogen and oxygen atoms in total. The van der Waals surface area contributed by atoms with E-state index in [1.807, 2.05) is 20.8 Å². The van der Waals surface area contributed by atoms with Crippen molar-refractivity contribution >= 4 is 27.5 Å². The number of nitrogens with two attached hydrogens (primary N) is 1. The van der Waals surface area contributed by atoms with Crippen LogP contribution in [0.25, 0.3) is 10.2 Å². The number of fused-ring (bicyclic) bond motifs is 1. The molecule has 0 aliphatic heterocycles. The number of nitrogens with zero attached hydrogens (tertiary/aromatic N) is 2. The Morgan fingerprint density at radius 3 is 2.85 bits per heavy atom. The average Bonchev–Trinajstić information content (AvgIpc) is 2.72. The van der Waals surface area contributed by atoms with Crippen LogP contribution in [-0.2, 0) is 4.79 Å². The Bertz CT molecular complexity index is 704. The van der Waals surface area contributed by atoms with Crippen molar-refractivity contribution in [3.8, 4) is 0 Å². The minimum atomic E-state index is -0.617. The molecule has 0 radical (unpaired) electrons. The summed E-state index contributed by atoms with van der Waals surface area (Å²) in [7, 11) is 0. The summed E-state index contributed by atoms with van der Waals surface area (Å²) < 4.78 is 1.38. The van der Waals surface area contributed by atoms with Crippen molar-refractivity contribution in [2.24, 2.45) is 5.84 Å². The Hall–Kier alpha value is -1.73. The molecular weight excluding hydrogens is 276 g/mol. The standard InChI is InChI=1S/C13H18N4O2S/c1-4-5-9(11(18)16-14)17-6-15-12-10(13(17)19)7(2)8(3)20-12/h6,9H,4-5,14H2,1-3H3,(H,16,18). The molecule has 7 heteroatoms. The Balaban J connectivity index is 2.64. The first-order valence-electron chi connectivity index (χ1n) is 6.48. The van der Waals surface area contributed by atoms with Crippen molar-refractivity contribution in [3.63, 3.8) is 0 Å². The van der Waals surface area contributed by atoms with E-state index in [1.54, 1.807) is 0 Å². The first kappa shape index (κ1) is 14.7. The van der Waals surface area contributed by atoms with Crippen LogP contribution in [0.3, 0.4) is 0 Å². The van der Waals surface area contributed by atoms with Gasteiger partial charge in [-0.3, -0.25) is 19.6 Å². The van der Waals surface area contributed by atoms with E-state index < -0.39 is 6.04 Å². The molecule has 0 saturated heterocycles. The molecule has 0 saturated carbocycles. The summed E-state index contributed by atoms with van der Waals surface area (Å²) in [5, 5.41) is 0.598. The number of aromatic nitrogens is 2. The second kappa shape index (κ2) is 5.72. The maximum Gasteiger partial charge on any atom is 0.263 e. The fourth-order valence-corrected chi connectivity index (χ4v) is 3.22. The molecule has 0 aliphatic rings. The van der Waals surface area contributed by atoms with Gasteiger partial charge in [0.25, 0.3) is 11.5 Å². The number of carbonyl (C=O) groups is 1. The predicted octanol–water partition coefficient (Wildman–Crippen LogP) is 1.41. The smallest absolute Gasteiger partial charge is 0.263 e. The second-order valence-electron chi connectivity index (χ2n) is 4.73. The highest BCUT2D eigenvalue weighted by Gasteiger charge is 2.22. The Kier molecular flexibility index (Phi) is 4.20. The van der Waals surface area contributed by atoms with Crippen LogP contribution in [0.15, 0.2) is 11.1 Å². The lowest BCUT2D eigenvalue weighted by Crippen LogP contribution is -2.40. The number of amides is 1. The van der Waals surface area contributed by atoms with Crippen LogP contribution < -0.4 is 16.8 Å². The largest absolute Gasteiger partial charge is 0.292 e. The highest BCUT2D eigenvalue weighted by molar-refractivity contribution is 7.18. The third-order valence-electron chi connectivity index (χ3n) is 3.46. The Morgan fingerprint density at radius 1 is 1.55 bits per heavy atom. The number of hydrazine groups is 1. The lowest BCUT2D eigenvalue weighted by molar-refractivity contribution is -0.124. The average molecular weight is 294 g/mol. The van der Waals surface area contributed by atoms with Gasteiger partial charge in [-0.05, 0) is 25.8 Å². The van der Waals surface area contributed by atoms with Crippen molar-refractivity contribution in [2.45, 2.75) is 39.7 Å². The summed E-state index contributed by atoms with van der Waals surface area (Å²) >= 11 is 1.49. The van der Waals surface area contributed by atoms with E-state index in [9.17, 15) is 9.59 Å². The molecule has 108 valence electrons. The van der Waals surface area contributed by atoms with Gasteiger partial charge in [-0.25, -0.2) is 10.8 Å². The zero-order chi connectivity index (χ0) is 14.9. The normalized spacial score (nSPS) is 12.6. The molecule has 0 aliphatic carbocycles. The molecule has 3 N–H and O–H groups in total. The van der Waals surface area contributed by atoms with Crippen molar-refractivity contribution in [1.29, 1.82) is 0 Å². The summed E-state index contributed by atoms with van der Waals surface area (Å²) in [4.78, 5) is 30.6. The van der Waals surface area contributed by atoms with Crippen LogP contribution >= 0.6 is 11.3 Å². The predicted molar refractivity (Wildman–Crippen MR) is 79.6 cm³/mol. The number of carbonyl (C=O) groups excluding carboxylic acids is 1. The number of hydrogen-bond donors (Lipinski definition) is 2. The van der Waals surface area contributed by atoms with Crippen molar-refractivity contribution in [3.05, 3.63) is 27.1 Å². The first-order valence-corrected chi connectivity index (χ1v) is 7.30. The minimum absolute atomic E-state index is 0.182. The van der Waals surface area contributed by atoms with Gasteiger partial charge in [0.1, 0.15) is 10.9 Å². The minimum Gasteiger partial charge on any atom is -0.292 e. The van der Waals surface area contributed by atoms with E-state index in [0.717, 1.165) is 16.9 Å². The molecule has 0 fully saturated rings. The van der Waals surface area contributed by atoms with E-state index >= 15 is 0 Å². The third kappa shape index (κ3) is 2.34. The van der Waals surface area contributed by atoms with Crippen LogP contribution in [0.2, 0.25) is 0 Å². The van der Waals surface area contributed by atoms with E-state index in [-0.39, 0.29) is 11.5 Å². The molecule has 0 aromatic carbocycles. The first-order chi connectivity index (χ1) is 9.51. The van der Waals surface area contributed by atoms with Gasteiger partial charge in [-0.1, -0.05) is 13.3 Å². The molecule has 2 heterocycles. The van der Waals surface area contributed by atoms with E-state index in [4.69, 9.17) is 5.84 Å². The van der Waals surface area contributed by atoms with Gasteiger partial charge in [0.15, 0.2) is 0 Å². The zero-order valence-corrected chi connectivity index (χ0v) is 12.6. The monoisotopic (exact) mass is 294 g/mol. The van der Waals surface area contributed by atoms with Gasteiger partial charge in [0, 0.05) is 4.88 Å². The summed E-state index contributed by atoms with van der Waals surface area (Å²) in [5.41, 5.74) is 2.87. The van der Waals surface area contributed by atoms with Crippen LogP contribution in [0, 0.1) is 13.8 Å². The maximum absolute atomic E-state index is 12.6. The number of thiophene rings is 1. The number of hydrogen-bond acceptors (Lipinski definition) is 5. The molecule has 2 rings (SSSR count). The molecule has 2 aromatic heterocycles. The van der Waals surface area contributed by atoms with Gasteiger partial charge in [-0.15, -0.1) is 11.3 Å². The highest BCUT2D eigenvalue weighted by atomic mass is 32.1. The number of nitrogens with one attached hydrogen (secondary N) is 1. The van der Waals surface area contributed by atoms with Crippen LogP contribution in [0.5, 0.6) is 0 Å². The summed E-state index contributed by atoms with van der Waals surface area (Å²) in [6.07, 6.45) is 2.75. The van der Waals surface area contributed by atoms with Crippen LogP contribution in [0.1, 0.15) is 36.2 Å². The molecule has 1 unspecified atom stereocenters. The fourth-order valence-electron chi connectivity index (χ4n) is 2.24. The summed E-state index contributed by atoms with van der Waals surface area (Å²) in [6.45, 7) is 5.81. The molecule has 2 aromatic rings.